The summed E-state index contributed by atoms with van der Waals surface area (Å²) < 4.78 is 16.8. The van der Waals surface area contributed by atoms with E-state index in [2.05, 4.69) is 20.3 Å². The molecule has 8 heteroatoms. The second-order valence-electron chi connectivity index (χ2n) is 5.71. The number of hydrogen-bond donors (Lipinski definition) is 0. The Balaban J connectivity index is 1.54. The van der Waals surface area contributed by atoms with Crippen molar-refractivity contribution >= 4 is 6.01 Å². The van der Waals surface area contributed by atoms with Crippen molar-refractivity contribution in [3.8, 4) is 0 Å². The van der Waals surface area contributed by atoms with E-state index >= 15 is 0 Å². The van der Waals surface area contributed by atoms with Gasteiger partial charge >= 0.3 is 6.01 Å². The summed E-state index contributed by atoms with van der Waals surface area (Å²) in [6, 6.07) is 0.509. The third-order valence-electron chi connectivity index (χ3n) is 3.72. The van der Waals surface area contributed by atoms with Gasteiger partial charge in [-0.15, -0.1) is 5.10 Å². The van der Waals surface area contributed by atoms with Crippen LogP contribution in [0.25, 0.3) is 0 Å². The summed E-state index contributed by atoms with van der Waals surface area (Å²) in [7, 11) is 0. The van der Waals surface area contributed by atoms with Gasteiger partial charge in [-0.3, -0.25) is 0 Å². The first kappa shape index (κ1) is 12.8. The van der Waals surface area contributed by atoms with Crippen molar-refractivity contribution < 1.29 is 13.7 Å². The summed E-state index contributed by atoms with van der Waals surface area (Å²) in [5, 5.41) is 12.0. The number of ether oxygens (including phenoxy) is 1. The number of morpholine rings is 1. The van der Waals surface area contributed by atoms with Gasteiger partial charge in [0, 0.05) is 19.4 Å². The van der Waals surface area contributed by atoms with Crippen molar-refractivity contribution in [1.82, 2.24) is 20.3 Å². The van der Waals surface area contributed by atoms with Crippen LogP contribution in [0.15, 0.2) is 8.94 Å². The molecule has 1 aliphatic carbocycles. The van der Waals surface area contributed by atoms with E-state index in [-0.39, 0.29) is 12.2 Å². The molecule has 8 nitrogen and oxygen atoms in total. The van der Waals surface area contributed by atoms with Crippen molar-refractivity contribution in [2.24, 2.45) is 0 Å². The number of rotatable bonds is 3. The maximum absolute atomic E-state index is 5.92. The fraction of sp³-hybridized carbons (Fsp3) is 0.692. The normalized spacial score (nSPS) is 26.3. The predicted octanol–water partition coefficient (Wildman–Crippen LogP) is 1.60. The predicted molar refractivity (Wildman–Crippen MR) is 70.8 cm³/mol. The van der Waals surface area contributed by atoms with Gasteiger partial charge in [0.2, 0.25) is 5.89 Å². The molecular weight excluding hydrogens is 274 g/mol. The molecule has 3 heterocycles. The fourth-order valence-electron chi connectivity index (χ4n) is 2.54. The van der Waals surface area contributed by atoms with E-state index in [0.717, 1.165) is 18.7 Å². The van der Waals surface area contributed by atoms with Crippen molar-refractivity contribution in [3.05, 3.63) is 17.6 Å². The molecule has 0 bridgehead atoms. The Morgan fingerprint density at radius 1 is 1.19 bits per heavy atom. The monoisotopic (exact) mass is 291 g/mol. The van der Waals surface area contributed by atoms with E-state index in [1.807, 2.05) is 11.8 Å². The van der Waals surface area contributed by atoms with E-state index in [0.29, 0.717) is 36.8 Å². The molecule has 2 aromatic rings. The lowest BCUT2D eigenvalue weighted by Crippen LogP contribution is -2.43. The quantitative estimate of drug-likeness (QED) is 0.842. The smallest absolute Gasteiger partial charge is 0.318 e. The van der Waals surface area contributed by atoms with Crippen molar-refractivity contribution in [3.63, 3.8) is 0 Å². The Kier molecular flexibility index (Phi) is 2.91. The number of aryl methyl sites for hydroxylation is 1. The third-order valence-corrected chi connectivity index (χ3v) is 3.72. The van der Waals surface area contributed by atoms with Gasteiger partial charge in [0.25, 0.3) is 5.89 Å². The Labute approximate surface area is 121 Å². The molecule has 2 fully saturated rings. The van der Waals surface area contributed by atoms with E-state index in [1.165, 1.54) is 0 Å². The number of nitrogens with zero attached hydrogens (tertiary/aromatic N) is 5. The molecule has 1 aliphatic heterocycles. The van der Waals surface area contributed by atoms with Gasteiger partial charge in [-0.2, -0.15) is 4.98 Å². The zero-order valence-corrected chi connectivity index (χ0v) is 12.0. The number of hydrogen-bond acceptors (Lipinski definition) is 8. The van der Waals surface area contributed by atoms with E-state index < -0.39 is 0 Å². The highest BCUT2D eigenvalue weighted by Crippen LogP contribution is 2.39. The largest absolute Gasteiger partial charge is 0.408 e. The Morgan fingerprint density at radius 2 is 2.05 bits per heavy atom. The summed E-state index contributed by atoms with van der Waals surface area (Å²) in [6.45, 7) is 5.04. The molecule has 0 N–H and O–H groups in total. The third kappa shape index (κ3) is 2.51. The SMILES string of the molecule is Cc1nnc(N2C[C@@H](C)O[C@@H](c3nc(C4CC4)no3)C2)o1. The molecule has 2 aliphatic rings. The Hall–Kier alpha value is -1.96. The van der Waals surface area contributed by atoms with Gasteiger partial charge in [0.1, 0.15) is 0 Å². The standard InChI is InChI=1S/C13H17N5O3/c1-7-5-18(13-16-15-8(2)20-13)6-10(19-7)12-14-11(17-21-12)9-3-4-9/h7,9-10H,3-6H2,1-2H3/t7-,10-/m1/s1. The van der Waals surface area contributed by atoms with Crippen LogP contribution in [0.4, 0.5) is 6.01 Å². The number of aromatic nitrogens is 4. The van der Waals surface area contributed by atoms with Crippen molar-refractivity contribution in [1.29, 1.82) is 0 Å². The van der Waals surface area contributed by atoms with Gasteiger partial charge in [0.15, 0.2) is 11.9 Å². The average Bonchev–Trinajstić information content (AvgIpc) is 3.03. The Bertz CT molecular complexity index is 635. The molecule has 1 saturated carbocycles. The molecule has 0 radical (unpaired) electrons. The van der Waals surface area contributed by atoms with Gasteiger partial charge in [-0.1, -0.05) is 10.3 Å². The average molecular weight is 291 g/mol. The zero-order chi connectivity index (χ0) is 14.4. The zero-order valence-electron chi connectivity index (χ0n) is 12.0. The first-order chi connectivity index (χ1) is 10.2. The van der Waals surface area contributed by atoms with Gasteiger partial charge in [-0.25, -0.2) is 0 Å². The first-order valence-electron chi connectivity index (χ1n) is 7.23. The molecule has 0 amide bonds. The highest BCUT2D eigenvalue weighted by Gasteiger charge is 2.35. The summed E-state index contributed by atoms with van der Waals surface area (Å²) in [5.74, 6) is 2.35. The molecule has 21 heavy (non-hydrogen) atoms. The van der Waals surface area contributed by atoms with E-state index in [4.69, 9.17) is 13.7 Å². The van der Waals surface area contributed by atoms with Crippen LogP contribution in [0.1, 0.15) is 49.4 Å². The lowest BCUT2D eigenvalue weighted by atomic mass is 10.2. The van der Waals surface area contributed by atoms with Gasteiger partial charge in [0.05, 0.1) is 12.6 Å². The molecule has 1 saturated heterocycles. The molecule has 112 valence electrons. The lowest BCUT2D eigenvalue weighted by Gasteiger charge is -2.33. The summed E-state index contributed by atoms with van der Waals surface area (Å²) in [4.78, 5) is 6.47. The summed E-state index contributed by atoms with van der Waals surface area (Å²) >= 11 is 0. The highest BCUT2D eigenvalue weighted by atomic mass is 16.5. The van der Waals surface area contributed by atoms with Crippen LogP contribution in [0.3, 0.4) is 0 Å². The molecule has 0 aromatic carbocycles. The minimum absolute atomic E-state index is 0.0206. The second kappa shape index (κ2) is 4.80. The van der Waals surface area contributed by atoms with E-state index in [1.54, 1.807) is 6.92 Å². The maximum atomic E-state index is 5.92. The van der Waals surface area contributed by atoms with Crippen molar-refractivity contribution in [2.75, 3.05) is 18.0 Å². The lowest BCUT2D eigenvalue weighted by molar-refractivity contribution is -0.0344. The molecule has 4 rings (SSSR count). The molecule has 2 aromatic heterocycles. The summed E-state index contributed by atoms with van der Waals surface area (Å²) in [5.41, 5.74) is 0. The first-order valence-corrected chi connectivity index (χ1v) is 7.23. The topological polar surface area (TPSA) is 90.3 Å². The van der Waals surface area contributed by atoms with E-state index in [9.17, 15) is 0 Å². The second-order valence-corrected chi connectivity index (χ2v) is 5.71. The van der Waals surface area contributed by atoms with Crippen LogP contribution in [0.2, 0.25) is 0 Å². The highest BCUT2D eigenvalue weighted by molar-refractivity contribution is 5.26. The molecule has 2 atom stereocenters. The van der Waals surface area contributed by atoms with Gasteiger partial charge < -0.3 is 18.6 Å². The van der Waals surface area contributed by atoms with Gasteiger partial charge in [-0.05, 0) is 19.8 Å². The number of anilines is 1. The molecule has 0 unspecified atom stereocenters. The maximum Gasteiger partial charge on any atom is 0.318 e. The van der Waals surface area contributed by atoms with Crippen LogP contribution in [0, 0.1) is 6.92 Å². The summed E-state index contributed by atoms with van der Waals surface area (Å²) in [6.07, 6.45) is 2.05. The molecular formula is C13H17N5O3. The van der Waals surface area contributed by atoms with Crippen LogP contribution < -0.4 is 4.90 Å². The van der Waals surface area contributed by atoms with Crippen LogP contribution in [-0.4, -0.2) is 39.5 Å². The minimum atomic E-state index is -0.263. The Morgan fingerprint density at radius 3 is 2.76 bits per heavy atom. The van der Waals surface area contributed by atoms with Crippen LogP contribution >= 0.6 is 0 Å². The van der Waals surface area contributed by atoms with Crippen molar-refractivity contribution in [2.45, 2.75) is 44.8 Å². The molecule has 0 spiro atoms. The van der Waals surface area contributed by atoms with Crippen LogP contribution in [0.5, 0.6) is 0 Å². The minimum Gasteiger partial charge on any atom is -0.408 e. The fourth-order valence-corrected chi connectivity index (χ4v) is 2.54. The van der Waals surface area contributed by atoms with Crippen LogP contribution in [-0.2, 0) is 4.74 Å².